The summed E-state index contributed by atoms with van der Waals surface area (Å²) < 4.78 is 5.54. The maximum atomic E-state index is 11.3. The van der Waals surface area contributed by atoms with E-state index in [1.165, 1.54) is 0 Å². The van der Waals surface area contributed by atoms with Gasteiger partial charge in [-0.05, 0) is 31.9 Å². The minimum Gasteiger partial charge on any atom is -0.494 e. The van der Waals surface area contributed by atoms with Crippen molar-refractivity contribution >= 4 is 17.4 Å². The largest absolute Gasteiger partial charge is 0.494 e. The number of halogens is 1. The van der Waals surface area contributed by atoms with Crippen LogP contribution < -0.4 is 4.74 Å². The van der Waals surface area contributed by atoms with Crippen LogP contribution in [0.4, 0.5) is 0 Å². The number of rotatable bonds is 7. The number of ketones is 1. The minimum atomic E-state index is 0.0289. The van der Waals surface area contributed by atoms with E-state index in [4.69, 9.17) is 16.3 Å². The highest BCUT2D eigenvalue weighted by Gasteiger charge is 2.13. The van der Waals surface area contributed by atoms with Crippen molar-refractivity contribution in [1.29, 1.82) is 0 Å². The molecular weight excluding hydrogens is 224 g/mol. The standard InChI is InChI=1S/C13H17ClO2/c1-11(15)12(7-9-14)8-10-16-13-5-3-2-4-6-13/h2-6,12H,7-10H2,1H3. The van der Waals surface area contributed by atoms with Crippen molar-refractivity contribution in [2.45, 2.75) is 19.8 Å². The van der Waals surface area contributed by atoms with Gasteiger partial charge in [-0.25, -0.2) is 0 Å². The summed E-state index contributed by atoms with van der Waals surface area (Å²) in [6, 6.07) is 9.61. The molecule has 88 valence electrons. The average molecular weight is 241 g/mol. The molecule has 1 aromatic rings. The molecule has 0 saturated carbocycles. The third kappa shape index (κ3) is 4.67. The Balaban J connectivity index is 2.31. The van der Waals surface area contributed by atoms with Crippen molar-refractivity contribution in [1.82, 2.24) is 0 Å². The van der Waals surface area contributed by atoms with Crippen molar-refractivity contribution in [2.24, 2.45) is 5.92 Å². The molecule has 16 heavy (non-hydrogen) atoms. The lowest BCUT2D eigenvalue weighted by Crippen LogP contribution is -2.15. The number of carbonyl (C=O) groups is 1. The van der Waals surface area contributed by atoms with Gasteiger partial charge in [0, 0.05) is 11.8 Å². The Hall–Kier alpha value is -1.02. The summed E-state index contributed by atoms with van der Waals surface area (Å²) in [6.07, 6.45) is 1.46. The van der Waals surface area contributed by atoms with E-state index in [0.717, 1.165) is 18.6 Å². The van der Waals surface area contributed by atoms with Gasteiger partial charge >= 0.3 is 0 Å². The van der Waals surface area contributed by atoms with Crippen LogP contribution in [0.25, 0.3) is 0 Å². The normalized spacial score (nSPS) is 12.1. The van der Waals surface area contributed by atoms with Gasteiger partial charge in [0.05, 0.1) is 6.61 Å². The molecular formula is C13H17ClO2. The van der Waals surface area contributed by atoms with Crippen molar-refractivity contribution in [3.05, 3.63) is 30.3 Å². The molecule has 0 fully saturated rings. The van der Waals surface area contributed by atoms with E-state index in [-0.39, 0.29) is 11.7 Å². The molecule has 1 rings (SSSR count). The molecule has 0 N–H and O–H groups in total. The lowest BCUT2D eigenvalue weighted by molar-refractivity contribution is -0.121. The first-order valence-electron chi connectivity index (χ1n) is 5.48. The molecule has 0 radical (unpaired) electrons. The fourth-order valence-corrected chi connectivity index (χ4v) is 1.78. The van der Waals surface area contributed by atoms with Gasteiger partial charge in [0.25, 0.3) is 0 Å². The smallest absolute Gasteiger partial charge is 0.133 e. The number of alkyl halides is 1. The number of hydrogen-bond donors (Lipinski definition) is 0. The Morgan fingerprint density at radius 2 is 2.00 bits per heavy atom. The van der Waals surface area contributed by atoms with E-state index in [1.54, 1.807) is 6.92 Å². The van der Waals surface area contributed by atoms with E-state index in [0.29, 0.717) is 12.5 Å². The van der Waals surface area contributed by atoms with E-state index < -0.39 is 0 Å². The third-order valence-corrected chi connectivity index (χ3v) is 2.73. The lowest BCUT2D eigenvalue weighted by atomic mass is 9.99. The molecule has 0 aromatic heterocycles. The topological polar surface area (TPSA) is 26.3 Å². The van der Waals surface area contributed by atoms with E-state index >= 15 is 0 Å². The highest BCUT2D eigenvalue weighted by atomic mass is 35.5. The Bertz CT molecular complexity index is 311. The van der Waals surface area contributed by atoms with Crippen LogP contribution in [-0.2, 0) is 4.79 Å². The second-order valence-corrected chi connectivity index (χ2v) is 4.11. The summed E-state index contributed by atoms with van der Waals surface area (Å²) in [5.74, 6) is 1.59. The molecule has 0 aliphatic carbocycles. The van der Waals surface area contributed by atoms with Crippen molar-refractivity contribution in [2.75, 3.05) is 12.5 Å². The molecule has 3 heteroatoms. The van der Waals surface area contributed by atoms with Gasteiger partial charge in [0.1, 0.15) is 11.5 Å². The quantitative estimate of drug-likeness (QED) is 0.684. The monoisotopic (exact) mass is 240 g/mol. The molecule has 0 saturated heterocycles. The van der Waals surface area contributed by atoms with Gasteiger partial charge in [-0.3, -0.25) is 4.79 Å². The van der Waals surface area contributed by atoms with Crippen LogP contribution in [0.3, 0.4) is 0 Å². The zero-order valence-electron chi connectivity index (χ0n) is 9.49. The molecule has 0 amide bonds. The van der Waals surface area contributed by atoms with Crippen molar-refractivity contribution in [3.63, 3.8) is 0 Å². The molecule has 1 atom stereocenters. The van der Waals surface area contributed by atoms with Gasteiger partial charge in [-0.2, -0.15) is 0 Å². The maximum Gasteiger partial charge on any atom is 0.133 e. The summed E-state index contributed by atoms with van der Waals surface area (Å²) in [5.41, 5.74) is 0. The second-order valence-electron chi connectivity index (χ2n) is 3.74. The summed E-state index contributed by atoms with van der Waals surface area (Å²) in [7, 11) is 0. The first kappa shape index (κ1) is 13.0. The number of carbonyl (C=O) groups excluding carboxylic acids is 1. The highest BCUT2D eigenvalue weighted by molar-refractivity contribution is 6.18. The summed E-state index contributed by atoms with van der Waals surface area (Å²) in [5, 5.41) is 0. The van der Waals surface area contributed by atoms with Crippen LogP contribution >= 0.6 is 11.6 Å². The van der Waals surface area contributed by atoms with Crippen LogP contribution in [0.2, 0.25) is 0 Å². The highest BCUT2D eigenvalue weighted by Crippen LogP contribution is 2.14. The molecule has 0 aliphatic rings. The molecule has 1 aromatic carbocycles. The van der Waals surface area contributed by atoms with Crippen LogP contribution in [0.15, 0.2) is 30.3 Å². The first-order chi connectivity index (χ1) is 7.74. The van der Waals surface area contributed by atoms with Gasteiger partial charge in [-0.1, -0.05) is 18.2 Å². The zero-order chi connectivity index (χ0) is 11.8. The van der Waals surface area contributed by atoms with E-state index in [2.05, 4.69) is 0 Å². The van der Waals surface area contributed by atoms with E-state index in [9.17, 15) is 4.79 Å². The molecule has 0 aliphatic heterocycles. The molecule has 0 heterocycles. The maximum absolute atomic E-state index is 11.3. The Morgan fingerprint density at radius 1 is 1.31 bits per heavy atom. The average Bonchev–Trinajstić information content (AvgIpc) is 2.29. The summed E-state index contributed by atoms with van der Waals surface area (Å²) >= 11 is 5.64. The van der Waals surface area contributed by atoms with Gasteiger partial charge in [-0.15, -0.1) is 11.6 Å². The second kappa shape index (κ2) is 7.29. The summed E-state index contributed by atoms with van der Waals surface area (Å²) in [4.78, 5) is 11.3. The molecule has 0 bridgehead atoms. The first-order valence-corrected chi connectivity index (χ1v) is 6.01. The SMILES string of the molecule is CC(=O)C(CCCl)CCOc1ccccc1. The number of ether oxygens (including phenoxy) is 1. The van der Waals surface area contributed by atoms with Gasteiger partial charge in [0.2, 0.25) is 0 Å². The number of benzene rings is 1. The zero-order valence-corrected chi connectivity index (χ0v) is 10.2. The van der Waals surface area contributed by atoms with Crippen LogP contribution in [-0.4, -0.2) is 18.3 Å². The van der Waals surface area contributed by atoms with Crippen molar-refractivity contribution < 1.29 is 9.53 Å². The minimum absolute atomic E-state index is 0.0289. The molecule has 2 nitrogen and oxygen atoms in total. The van der Waals surface area contributed by atoms with Gasteiger partial charge < -0.3 is 4.74 Å². The molecule has 0 spiro atoms. The predicted molar refractivity (Wildman–Crippen MR) is 66.1 cm³/mol. The van der Waals surface area contributed by atoms with Crippen LogP contribution in [0.5, 0.6) is 5.75 Å². The Morgan fingerprint density at radius 3 is 2.56 bits per heavy atom. The predicted octanol–water partition coefficient (Wildman–Crippen LogP) is 3.29. The third-order valence-electron chi connectivity index (χ3n) is 2.51. The van der Waals surface area contributed by atoms with Crippen LogP contribution in [0.1, 0.15) is 19.8 Å². The van der Waals surface area contributed by atoms with Crippen molar-refractivity contribution in [3.8, 4) is 5.75 Å². The Labute approximate surface area is 102 Å². The molecule has 1 unspecified atom stereocenters. The lowest BCUT2D eigenvalue weighted by Gasteiger charge is -2.12. The fraction of sp³-hybridized carbons (Fsp3) is 0.462. The van der Waals surface area contributed by atoms with Crippen LogP contribution in [0, 0.1) is 5.92 Å². The number of Topliss-reactive ketones (excluding diaryl/α,β-unsaturated/α-hetero) is 1. The van der Waals surface area contributed by atoms with Gasteiger partial charge in [0.15, 0.2) is 0 Å². The number of para-hydroxylation sites is 1. The number of hydrogen-bond acceptors (Lipinski definition) is 2. The summed E-state index contributed by atoms with van der Waals surface area (Å²) in [6.45, 7) is 2.17. The fourth-order valence-electron chi connectivity index (χ4n) is 1.52. The Kier molecular flexibility index (Phi) is 5.94. The van der Waals surface area contributed by atoms with E-state index in [1.807, 2.05) is 30.3 Å².